The Kier molecular flexibility index (Phi) is 3.92. The summed E-state index contributed by atoms with van der Waals surface area (Å²) in [7, 11) is -3.84. The molecule has 0 amide bonds. The number of hydrogen-bond donors (Lipinski definition) is 1. The van der Waals surface area contributed by atoms with Crippen LogP contribution >= 0.6 is 0 Å². The molecule has 1 aromatic heterocycles. The van der Waals surface area contributed by atoms with Crippen LogP contribution in [0.15, 0.2) is 23.4 Å². The topological polar surface area (TPSA) is 90.9 Å². The van der Waals surface area contributed by atoms with Crippen LogP contribution in [0.1, 0.15) is 29.4 Å². The zero-order valence-corrected chi connectivity index (χ0v) is 12.6. The minimum absolute atomic E-state index is 0.182. The predicted octanol–water partition coefficient (Wildman–Crippen LogP) is 1.15. The fourth-order valence-electron chi connectivity index (χ4n) is 2.07. The first-order valence-electron chi connectivity index (χ1n) is 6.34. The number of aryl methyl sites for hydroxylation is 2. The Bertz CT molecular complexity index is 735. The first-order chi connectivity index (χ1) is 9.32. The summed E-state index contributed by atoms with van der Waals surface area (Å²) in [4.78, 5) is 0. The van der Waals surface area contributed by atoms with E-state index in [1.165, 1.54) is 15.7 Å². The average molecular weight is 294 g/mol. The molecule has 0 bridgehead atoms. The van der Waals surface area contributed by atoms with E-state index in [1.54, 1.807) is 0 Å². The van der Waals surface area contributed by atoms with Gasteiger partial charge >= 0.3 is 0 Å². The molecule has 0 aliphatic carbocycles. The highest BCUT2D eigenvalue weighted by Crippen LogP contribution is 2.15. The molecule has 2 aromatic rings. The zero-order valence-electron chi connectivity index (χ0n) is 11.8. The van der Waals surface area contributed by atoms with Gasteiger partial charge in [-0.1, -0.05) is 18.2 Å². The van der Waals surface area contributed by atoms with Crippen molar-refractivity contribution < 1.29 is 8.42 Å². The molecule has 0 aliphatic rings. The number of nitrogens with two attached hydrogens (primary N) is 1. The number of aromatic nitrogens is 3. The largest absolute Gasteiger partial charge is 0.301 e. The zero-order chi connectivity index (χ0) is 14.9. The number of benzene rings is 1. The molecule has 0 saturated heterocycles. The Balaban J connectivity index is 2.39. The monoisotopic (exact) mass is 294 g/mol. The number of rotatable bonds is 4. The van der Waals surface area contributed by atoms with E-state index in [1.807, 2.05) is 32.9 Å². The molecule has 0 fully saturated rings. The van der Waals surface area contributed by atoms with Crippen LogP contribution in [0.2, 0.25) is 0 Å². The van der Waals surface area contributed by atoms with Crippen LogP contribution in [-0.2, 0) is 23.0 Å². The normalized spacial score (nSPS) is 11.8. The van der Waals surface area contributed by atoms with Crippen molar-refractivity contribution in [2.45, 2.75) is 38.9 Å². The van der Waals surface area contributed by atoms with Crippen LogP contribution in [0.25, 0.3) is 0 Å². The molecule has 2 rings (SSSR count). The molecule has 1 heterocycles. The maximum absolute atomic E-state index is 11.4. The number of sulfonamides is 1. The highest BCUT2D eigenvalue weighted by molar-refractivity contribution is 7.89. The molecule has 0 spiro atoms. The van der Waals surface area contributed by atoms with Crippen LogP contribution < -0.4 is 5.14 Å². The van der Waals surface area contributed by atoms with Crippen molar-refractivity contribution in [1.29, 1.82) is 0 Å². The molecular formula is C13H18N4O2S. The smallest absolute Gasteiger partial charge is 0.273 e. The van der Waals surface area contributed by atoms with Crippen molar-refractivity contribution in [3.8, 4) is 0 Å². The molecule has 0 aliphatic heterocycles. The van der Waals surface area contributed by atoms with Crippen LogP contribution in [-0.4, -0.2) is 23.2 Å². The van der Waals surface area contributed by atoms with Gasteiger partial charge in [-0.2, -0.15) is 0 Å². The van der Waals surface area contributed by atoms with E-state index in [9.17, 15) is 8.42 Å². The van der Waals surface area contributed by atoms with Crippen LogP contribution in [0, 0.1) is 13.8 Å². The molecule has 0 radical (unpaired) electrons. The van der Waals surface area contributed by atoms with E-state index >= 15 is 0 Å². The minimum Gasteiger partial charge on any atom is -0.301 e. The lowest BCUT2D eigenvalue weighted by atomic mass is 10.0. The Morgan fingerprint density at radius 3 is 2.45 bits per heavy atom. The molecule has 0 atom stereocenters. The highest BCUT2D eigenvalue weighted by atomic mass is 32.2. The van der Waals surface area contributed by atoms with E-state index in [4.69, 9.17) is 5.14 Å². The molecule has 1 aromatic carbocycles. The standard InChI is InChI=1S/C13H18N4O2S/c1-4-17-12(15-16-13(17)20(14,18)19)8-11-6-5-9(2)10(3)7-11/h5-7H,4,8H2,1-3H3,(H2,14,18,19). The lowest BCUT2D eigenvalue weighted by Gasteiger charge is -2.07. The second kappa shape index (κ2) is 5.34. The molecule has 20 heavy (non-hydrogen) atoms. The third-order valence-electron chi connectivity index (χ3n) is 3.30. The summed E-state index contributed by atoms with van der Waals surface area (Å²) < 4.78 is 24.4. The Labute approximate surface area is 118 Å². The van der Waals surface area contributed by atoms with E-state index in [-0.39, 0.29) is 5.16 Å². The van der Waals surface area contributed by atoms with Crippen molar-refractivity contribution in [3.05, 3.63) is 40.7 Å². The lowest BCUT2D eigenvalue weighted by Crippen LogP contribution is -2.19. The summed E-state index contributed by atoms with van der Waals surface area (Å²) in [5, 5.41) is 12.6. The van der Waals surface area contributed by atoms with E-state index in [0.717, 1.165) is 5.56 Å². The second-order valence-electron chi connectivity index (χ2n) is 4.78. The van der Waals surface area contributed by atoms with Crippen LogP contribution in [0.4, 0.5) is 0 Å². The first kappa shape index (κ1) is 14.7. The van der Waals surface area contributed by atoms with Crippen LogP contribution in [0.5, 0.6) is 0 Å². The van der Waals surface area contributed by atoms with Crippen molar-refractivity contribution in [2.24, 2.45) is 5.14 Å². The third kappa shape index (κ3) is 2.88. The van der Waals surface area contributed by atoms with Gasteiger partial charge in [-0.05, 0) is 37.5 Å². The van der Waals surface area contributed by atoms with E-state index < -0.39 is 10.0 Å². The van der Waals surface area contributed by atoms with Gasteiger partial charge in [0, 0.05) is 13.0 Å². The third-order valence-corrected chi connectivity index (χ3v) is 4.11. The first-order valence-corrected chi connectivity index (χ1v) is 7.88. The fourth-order valence-corrected chi connectivity index (χ4v) is 2.77. The maximum atomic E-state index is 11.4. The van der Waals surface area contributed by atoms with Gasteiger partial charge in [0.15, 0.2) is 0 Å². The number of primary sulfonamides is 1. The summed E-state index contributed by atoms with van der Waals surface area (Å²) in [5.41, 5.74) is 3.48. The van der Waals surface area contributed by atoms with Crippen molar-refractivity contribution >= 4 is 10.0 Å². The molecule has 2 N–H and O–H groups in total. The van der Waals surface area contributed by atoms with E-state index in [2.05, 4.69) is 16.3 Å². The number of hydrogen-bond acceptors (Lipinski definition) is 4. The van der Waals surface area contributed by atoms with Gasteiger partial charge in [-0.25, -0.2) is 13.6 Å². The summed E-state index contributed by atoms with van der Waals surface area (Å²) in [6, 6.07) is 6.12. The second-order valence-corrected chi connectivity index (χ2v) is 6.24. The molecule has 6 nitrogen and oxygen atoms in total. The van der Waals surface area contributed by atoms with Gasteiger partial charge in [0.25, 0.3) is 15.2 Å². The highest BCUT2D eigenvalue weighted by Gasteiger charge is 2.20. The summed E-state index contributed by atoms with van der Waals surface area (Å²) in [6.07, 6.45) is 0.525. The van der Waals surface area contributed by atoms with Crippen molar-refractivity contribution in [1.82, 2.24) is 14.8 Å². The Hall–Kier alpha value is -1.73. The lowest BCUT2D eigenvalue weighted by molar-refractivity contribution is 0.565. The average Bonchev–Trinajstić information content (AvgIpc) is 2.76. The summed E-state index contributed by atoms with van der Waals surface area (Å²) in [5.74, 6) is 0.597. The number of nitrogens with zero attached hydrogens (tertiary/aromatic N) is 3. The van der Waals surface area contributed by atoms with Gasteiger partial charge in [0.1, 0.15) is 5.82 Å². The fraction of sp³-hybridized carbons (Fsp3) is 0.385. The van der Waals surface area contributed by atoms with Crippen molar-refractivity contribution in [3.63, 3.8) is 0 Å². The minimum atomic E-state index is -3.84. The summed E-state index contributed by atoms with van der Waals surface area (Å²) in [6.45, 7) is 6.38. The Morgan fingerprint density at radius 2 is 1.90 bits per heavy atom. The Morgan fingerprint density at radius 1 is 1.20 bits per heavy atom. The molecule has 0 unspecified atom stereocenters. The van der Waals surface area contributed by atoms with Gasteiger partial charge in [0.2, 0.25) is 0 Å². The van der Waals surface area contributed by atoms with Gasteiger partial charge in [-0.15, -0.1) is 10.2 Å². The van der Waals surface area contributed by atoms with Gasteiger partial charge in [0.05, 0.1) is 0 Å². The van der Waals surface area contributed by atoms with E-state index in [0.29, 0.717) is 18.8 Å². The van der Waals surface area contributed by atoms with Crippen molar-refractivity contribution in [2.75, 3.05) is 0 Å². The molecule has 7 heteroatoms. The van der Waals surface area contributed by atoms with Gasteiger partial charge < -0.3 is 4.57 Å². The SMILES string of the molecule is CCn1c(Cc2ccc(C)c(C)c2)nnc1S(N)(=O)=O. The molecular weight excluding hydrogens is 276 g/mol. The predicted molar refractivity (Wildman–Crippen MR) is 75.8 cm³/mol. The van der Waals surface area contributed by atoms with Crippen LogP contribution in [0.3, 0.4) is 0 Å². The van der Waals surface area contributed by atoms with Gasteiger partial charge in [-0.3, -0.25) is 0 Å². The maximum Gasteiger partial charge on any atom is 0.273 e. The molecule has 108 valence electrons. The quantitative estimate of drug-likeness (QED) is 0.915. The molecule has 0 saturated carbocycles. The summed E-state index contributed by atoms with van der Waals surface area (Å²) >= 11 is 0.